The van der Waals surface area contributed by atoms with Crippen molar-refractivity contribution in [3.8, 4) is 11.3 Å². The van der Waals surface area contributed by atoms with Crippen molar-refractivity contribution in [1.82, 2.24) is 0 Å². The molecule has 2 aliphatic rings. The van der Waals surface area contributed by atoms with Gasteiger partial charge in [-0.2, -0.15) is 0 Å². The van der Waals surface area contributed by atoms with Gasteiger partial charge >= 0.3 is 5.97 Å². The largest absolute Gasteiger partial charge is 0.478 e. The Morgan fingerprint density at radius 2 is 1.86 bits per heavy atom. The molecule has 180 valence electrons. The van der Waals surface area contributed by atoms with E-state index in [4.69, 9.17) is 16.0 Å². The number of carbonyl (C=O) groups excluding carboxylic acids is 1. The third kappa shape index (κ3) is 3.62. The van der Waals surface area contributed by atoms with Gasteiger partial charge in [0.15, 0.2) is 5.78 Å². The van der Waals surface area contributed by atoms with E-state index in [1.165, 1.54) is 6.07 Å². The average Bonchev–Trinajstić information content (AvgIpc) is 3.32. The molecule has 0 spiro atoms. The molecular weight excluding hydrogens is 474 g/mol. The van der Waals surface area contributed by atoms with E-state index < -0.39 is 12.0 Å². The first-order valence-electron chi connectivity index (χ1n) is 11.9. The van der Waals surface area contributed by atoms with Crippen LogP contribution in [0.1, 0.15) is 54.4 Å². The van der Waals surface area contributed by atoms with Crippen LogP contribution >= 0.6 is 11.6 Å². The Kier molecular flexibility index (Phi) is 5.09. The number of allylic oxidation sites excluding steroid dienone is 1. The zero-order chi connectivity index (χ0) is 25.2. The van der Waals surface area contributed by atoms with E-state index in [9.17, 15) is 14.7 Å². The summed E-state index contributed by atoms with van der Waals surface area (Å²) in [6.07, 6.45) is 1.23. The lowest BCUT2D eigenvalue weighted by Crippen LogP contribution is -2.33. The first-order valence-corrected chi connectivity index (χ1v) is 12.3. The molecule has 4 aromatic rings. The monoisotopic (exact) mass is 497 g/mol. The summed E-state index contributed by atoms with van der Waals surface area (Å²) in [5.74, 6) is -0.0161. The summed E-state index contributed by atoms with van der Waals surface area (Å²) >= 11 is 6.17. The standard InChI is InChI=1S/C30H24ClNO4/c1-30(2)14-21-26-18-6-4-3-5-16(18)7-10-22(26)32-28(27(21)23(33)15-30)25-12-11-24(36-25)20-13-17(31)8-9-19(20)29(34)35/h3-13,28,32H,14-15H2,1-2H3,(H,34,35). The summed E-state index contributed by atoms with van der Waals surface area (Å²) in [6, 6.07) is 20.0. The molecule has 6 rings (SSSR count). The van der Waals surface area contributed by atoms with Crippen LogP contribution < -0.4 is 5.32 Å². The molecule has 1 unspecified atom stereocenters. The number of aromatic carboxylic acids is 1. The fraction of sp³-hybridized carbons (Fsp3) is 0.200. The van der Waals surface area contributed by atoms with Gasteiger partial charge in [-0.1, -0.05) is 55.8 Å². The van der Waals surface area contributed by atoms with Crippen LogP contribution in [-0.2, 0) is 4.79 Å². The molecule has 0 radical (unpaired) electrons. The number of anilines is 1. The maximum Gasteiger partial charge on any atom is 0.336 e. The highest BCUT2D eigenvalue weighted by Gasteiger charge is 2.41. The number of ketones is 1. The van der Waals surface area contributed by atoms with Crippen molar-refractivity contribution in [3.05, 3.63) is 94.2 Å². The molecule has 3 aromatic carbocycles. The van der Waals surface area contributed by atoms with E-state index in [0.717, 1.165) is 39.6 Å². The average molecular weight is 498 g/mol. The third-order valence-electron chi connectivity index (χ3n) is 7.13. The maximum atomic E-state index is 13.6. The summed E-state index contributed by atoms with van der Waals surface area (Å²) < 4.78 is 6.24. The first kappa shape index (κ1) is 22.6. The molecule has 5 nitrogen and oxygen atoms in total. The predicted molar refractivity (Wildman–Crippen MR) is 141 cm³/mol. The van der Waals surface area contributed by atoms with Gasteiger partial charge in [-0.25, -0.2) is 4.79 Å². The molecule has 2 N–H and O–H groups in total. The predicted octanol–water partition coefficient (Wildman–Crippen LogP) is 7.76. The molecule has 0 fully saturated rings. The van der Waals surface area contributed by atoms with Gasteiger partial charge in [0.05, 0.1) is 5.56 Å². The van der Waals surface area contributed by atoms with Gasteiger partial charge in [-0.05, 0) is 64.6 Å². The number of Topliss-reactive ketones (excluding diaryl/α,β-unsaturated/α-hetero) is 1. The number of rotatable bonds is 3. The lowest BCUT2D eigenvalue weighted by molar-refractivity contribution is -0.118. The molecule has 0 bridgehead atoms. The Balaban J connectivity index is 1.53. The number of benzene rings is 3. The molecule has 36 heavy (non-hydrogen) atoms. The zero-order valence-electron chi connectivity index (χ0n) is 19.9. The van der Waals surface area contributed by atoms with Crippen molar-refractivity contribution in [1.29, 1.82) is 0 Å². The van der Waals surface area contributed by atoms with Crippen LogP contribution in [0.2, 0.25) is 5.02 Å². The van der Waals surface area contributed by atoms with Crippen molar-refractivity contribution < 1.29 is 19.1 Å². The van der Waals surface area contributed by atoms with Crippen LogP contribution in [0, 0.1) is 5.41 Å². The quantitative estimate of drug-likeness (QED) is 0.302. The van der Waals surface area contributed by atoms with Gasteiger partial charge in [0, 0.05) is 33.8 Å². The molecule has 0 amide bonds. The van der Waals surface area contributed by atoms with E-state index >= 15 is 0 Å². The molecule has 1 atom stereocenters. The summed E-state index contributed by atoms with van der Waals surface area (Å²) in [7, 11) is 0. The van der Waals surface area contributed by atoms with Crippen LogP contribution in [0.3, 0.4) is 0 Å². The minimum atomic E-state index is -1.06. The zero-order valence-corrected chi connectivity index (χ0v) is 20.6. The normalized spacial score (nSPS) is 18.5. The summed E-state index contributed by atoms with van der Waals surface area (Å²) in [5, 5.41) is 15.9. The number of halogens is 1. The lowest BCUT2D eigenvalue weighted by atomic mass is 9.68. The van der Waals surface area contributed by atoms with E-state index in [-0.39, 0.29) is 16.8 Å². The molecule has 2 heterocycles. The molecule has 0 saturated heterocycles. The topological polar surface area (TPSA) is 79.5 Å². The highest BCUT2D eigenvalue weighted by molar-refractivity contribution is 6.31. The highest BCUT2D eigenvalue weighted by Crippen LogP contribution is 2.52. The van der Waals surface area contributed by atoms with Crippen molar-refractivity contribution in [3.63, 3.8) is 0 Å². The van der Waals surface area contributed by atoms with Gasteiger partial charge in [-0.15, -0.1) is 0 Å². The molecule has 1 aliphatic heterocycles. The Labute approximate surface area is 213 Å². The molecule has 1 aromatic heterocycles. The fourth-order valence-corrected chi connectivity index (χ4v) is 5.78. The Morgan fingerprint density at radius 3 is 2.67 bits per heavy atom. The number of fused-ring (bicyclic) bond motifs is 4. The van der Waals surface area contributed by atoms with Crippen LogP contribution in [-0.4, -0.2) is 16.9 Å². The van der Waals surface area contributed by atoms with E-state index in [1.54, 1.807) is 18.2 Å². The van der Waals surface area contributed by atoms with Crippen LogP contribution in [0.4, 0.5) is 5.69 Å². The van der Waals surface area contributed by atoms with Gasteiger partial charge < -0.3 is 14.8 Å². The molecule has 1 aliphatic carbocycles. The number of hydrogen-bond acceptors (Lipinski definition) is 4. The van der Waals surface area contributed by atoms with Gasteiger partial charge in [-0.3, -0.25) is 4.79 Å². The second kappa shape index (κ2) is 8.10. The second-order valence-electron chi connectivity index (χ2n) is 10.3. The van der Waals surface area contributed by atoms with Crippen molar-refractivity contribution >= 4 is 45.4 Å². The Morgan fingerprint density at radius 1 is 1.06 bits per heavy atom. The third-order valence-corrected chi connectivity index (χ3v) is 7.36. The maximum absolute atomic E-state index is 13.6. The number of furan rings is 1. The van der Waals surface area contributed by atoms with Crippen molar-refractivity contribution in [2.45, 2.75) is 32.7 Å². The number of carbonyl (C=O) groups is 2. The number of nitrogens with one attached hydrogen (secondary N) is 1. The minimum Gasteiger partial charge on any atom is -0.478 e. The molecular formula is C30H24ClNO4. The smallest absolute Gasteiger partial charge is 0.336 e. The van der Waals surface area contributed by atoms with Gasteiger partial charge in [0.25, 0.3) is 0 Å². The summed E-state index contributed by atoms with van der Waals surface area (Å²) in [5.41, 5.74) is 4.16. The van der Waals surface area contributed by atoms with Crippen molar-refractivity contribution in [2.24, 2.45) is 5.41 Å². The number of carboxylic acid groups (broad SMARTS) is 1. The van der Waals surface area contributed by atoms with E-state index in [2.05, 4.69) is 43.4 Å². The summed E-state index contributed by atoms with van der Waals surface area (Å²) in [6.45, 7) is 4.27. The SMILES string of the molecule is CC1(C)CC(=O)C2=C(C1)c1c(ccc3ccccc13)NC2c1ccc(-c2cc(Cl)ccc2C(=O)O)o1. The Hall–Kier alpha value is -3.83. The van der Waals surface area contributed by atoms with Gasteiger partial charge in [0.1, 0.15) is 17.6 Å². The number of hydrogen-bond donors (Lipinski definition) is 2. The van der Waals surface area contributed by atoms with E-state index in [1.807, 2.05) is 18.2 Å². The van der Waals surface area contributed by atoms with Crippen LogP contribution in [0.15, 0.2) is 76.7 Å². The van der Waals surface area contributed by atoms with E-state index in [0.29, 0.717) is 28.5 Å². The fourth-order valence-electron chi connectivity index (χ4n) is 5.61. The molecule has 6 heteroatoms. The molecule has 0 saturated carbocycles. The minimum absolute atomic E-state index is 0.101. The van der Waals surface area contributed by atoms with Crippen LogP contribution in [0.5, 0.6) is 0 Å². The second-order valence-corrected chi connectivity index (χ2v) is 10.8. The lowest BCUT2D eigenvalue weighted by Gasteiger charge is -2.39. The number of carboxylic acids is 1. The first-order chi connectivity index (χ1) is 17.2. The Bertz CT molecular complexity index is 1610. The van der Waals surface area contributed by atoms with Crippen molar-refractivity contribution in [2.75, 3.05) is 5.32 Å². The van der Waals surface area contributed by atoms with Crippen LogP contribution in [0.25, 0.3) is 27.7 Å². The highest BCUT2D eigenvalue weighted by atomic mass is 35.5. The van der Waals surface area contributed by atoms with Gasteiger partial charge in [0.2, 0.25) is 0 Å². The summed E-state index contributed by atoms with van der Waals surface area (Å²) in [4.78, 5) is 25.4.